The number of aromatic hydroxyl groups is 1. The van der Waals surface area contributed by atoms with Crippen LogP contribution in [0.15, 0.2) is 48.7 Å². The summed E-state index contributed by atoms with van der Waals surface area (Å²) in [6.07, 6.45) is 2.33. The molecular formula is C14H13NO2. The molecule has 0 aliphatic heterocycles. The van der Waals surface area contributed by atoms with Gasteiger partial charge in [-0.25, -0.2) is 0 Å². The van der Waals surface area contributed by atoms with Crippen molar-refractivity contribution < 1.29 is 9.90 Å². The lowest BCUT2D eigenvalue weighted by Crippen LogP contribution is -2.07. The largest absolute Gasteiger partial charge is 0.508 e. The molecular weight excluding hydrogens is 214 g/mol. The molecule has 0 saturated carbocycles. The number of aromatic nitrogens is 1. The number of benzene rings is 1. The van der Waals surface area contributed by atoms with Gasteiger partial charge in [-0.15, -0.1) is 0 Å². The average molecular weight is 227 g/mol. The SMILES string of the molecule is O=C(Cc1cccc(O)c1)Cc1ccccn1. The summed E-state index contributed by atoms with van der Waals surface area (Å²) in [6, 6.07) is 12.3. The second kappa shape index (κ2) is 5.25. The number of carbonyl (C=O) groups excluding carboxylic acids is 1. The third-order valence-electron chi connectivity index (χ3n) is 2.42. The number of hydrogen-bond donors (Lipinski definition) is 1. The number of Topliss-reactive ketones (excluding diaryl/α,β-unsaturated/α-hetero) is 1. The summed E-state index contributed by atoms with van der Waals surface area (Å²) >= 11 is 0. The summed E-state index contributed by atoms with van der Waals surface area (Å²) < 4.78 is 0. The van der Waals surface area contributed by atoms with E-state index in [1.807, 2.05) is 24.3 Å². The van der Waals surface area contributed by atoms with Crippen molar-refractivity contribution in [3.8, 4) is 5.75 Å². The molecule has 0 bridgehead atoms. The molecule has 0 aliphatic carbocycles. The molecule has 3 heteroatoms. The van der Waals surface area contributed by atoms with Crippen molar-refractivity contribution in [2.24, 2.45) is 0 Å². The normalized spacial score (nSPS) is 10.1. The zero-order valence-electron chi connectivity index (χ0n) is 9.34. The van der Waals surface area contributed by atoms with Crippen LogP contribution < -0.4 is 0 Å². The number of rotatable bonds is 4. The Morgan fingerprint density at radius 3 is 2.71 bits per heavy atom. The minimum Gasteiger partial charge on any atom is -0.508 e. The molecule has 3 nitrogen and oxygen atoms in total. The maximum absolute atomic E-state index is 11.8. The van der Waals surface area contributed by atoms with Crippen LogP contribution >= 0.6 is 0 Å². The maximum Gasteiger partial charge on any atom is 0.143 e. The van der Waals surface area contributed by atoms with Crippen LogP contribution in [0.5, 0.6) is 5.75 Å². The highest BCUT2D eigenvalue weighted by Gasteiger charge is 2.06. The van der Waals surface area contributed by atoms with Crippen LogP contribution in [-0.2, 0) is 17.6 Å². The van der Waals surface area contributed by atoms with E-state index in [0.29, 0.717) is 12.8 Å². The summed E-state index contributed by atoms with van der Waals surface area (Å²) in [7, 11) is 0. The van der Waals surface area contributed by atoms with E-state index >= 15 is 0 Å². The number of carbonyl (C=O) groups is 1. The Bertz CT molecular complexity index is 509. The zero-order chi connectivity index (χ0) is 12.1. The molecule has 17 heavy (non-hydrogen) atoms. The van der Waals surface area contributed by atoms with Gasteiger partial charge < -0.3 is 5.11 Å². The fourth-order valence-electron chi connectivity index (χ4n) is 1.66. The van der Waals surface area contributed by atoms with E-state index in [4.69, 9.17) is 0 Å². The predicted molar refractivity (Wildman–Crippen MR) is 64.8 cm³/mol. The van der Waals surface area contributed by atoms with Gasteiger partial charge in [0.25, 0.3) is 0 Å². The average Bonchev–Trinajstić information content (AvgIpc) is 2.30. The summed E-state index contributed by atoms with van der Waals surface area (Å²) in [5.41, 5.74) is 1.60. The van der Waals surface area contributed by atoms with Gasteiger partial charge in [-0.3, -0.25) is 9.78 Å². The Labute approximate surface area is 99.8 Å². The van der Waals surface area contributed by atoms with Crippen LogP contribution in [0, 0.1) is 0 Å². The van der Waals surface area contributed by atoms with E-state index in [1.165, 1.54) is 0 Å². The van der Waals surface area contributed by atoms with Gasteiger partial charge in [-0.05, 0) is 29.8 Å². The standard InChI is InChI=1S/C14H13NO2/c16-13-6-3-4-11(8-13)9-14(17)10-12-5-1-2-7-15-12/h1-8,16H,9-10H2. The van der Waals surface area contributed by atoms with E-state index in [2.05, 4.69) is 4.98 Å². The van der Waals surface area contributed by atoms with E-state index in [0.717, 1.165) is 11.3 Å². The molecule has 0 spiro atoms. The Hall–Kier alpha value is -2.16. The van der Waals surface area contributed by atoms with Gasteiger partial charge in [0.1, 0.15) is 11.5 Å². The number of hydrogen-bond acceptors (Lipinski definition) is 3. The van der Waals surface area contributed by atoms with Gasteiger partial charge in [0.2, 0.25) is 0 Å². The fraction of sp³-hybridized carbons (Fsp3) is 0.143. The quantitative estimate of drug-likeness (QED) is 0.870. The van der Waals surface area contributed by atoms with Crippen molar-refractivity contribution in [1.82, 2.24) is 4.98 Å². The minimum absolute atomic E-state index is 0.0919. The number of phenols is 1. The third kappa shape index (κ3) is 3.41. The molecule has 0 fully saturated rings. The van der Waals surface area contributed by atoms with E-state index < -0.39 is 0 Å². The second-order valence-electron chi connectivity index (χ2n) is 3.88. The van der Waals surface area contributed by atoms with Crippen molar-refractivity contribution in [1.29, 1.82) is 0 Å². The van der Waals surface area contributed by atoms with Crippen molar-refractivity contribution >= 4 is 5.78 Å². The molecule has 0 radical (unpaired) electrons. The molecule has 1 N–H and O–H groups in total. The molecule has 1 heterocycles. The van der Waals surface area contributed by atoms with Crippen LogP contribution in [0.3, 0.4) is 0 Å². The van der Waals surface area contributed by atoms with Crippen molar-refractivity contribution in [2.75, 3.05) is 0 Å². The highest BCUT2D eigenvalue weighted by molar-refractivity contribution is 5.82. The monoisotopic (exact) mass is 227 g/mol. The molecule has 86 valence electrons. The van der Waals surface area contributed by atoms with E-state index in [-0.39, 0.29) is 11.5 Å². The fourth-order valence-corrected chi connectivity index (χ4v) is 1.66. The third-order valence-corrected chi connectivity index (χ3v) is 2.42. The van der Waals surface area contributed by atoms with Gasteiger partial charge >= 0.3 is 0 Å². The topological polar surface area (TPSA) is 50.2 Å². The molecule has 2 rings (SSSR count). The maximum atomic E-state index is 11.8. The lowest BCUT2D eigenvalue weighted by atomic mass is 10.1. The number of pyridine rings is 1. The Morgan fingerprint density at radius 1 is 1.12 bits per heavy atom. The van der Waals surface area contributed by atoms with E-state index in [9.17, 15) is 9.90 Å². The van der Waals surface area contributed by atoms with Crippen LogP contribution in [-0.4, -0.2) is 15.9 Å². The Balaban J connectivity index is 1.98. The number of nitrogens with zero attached hydrogens (tertiary/aromatic N) is 1. The molecule has 0 aliphatic rings. The summed E-state index contributed by atoms with van der Waals surface area (Å²) in [5.74, 6) is 0.280. The summed E-state index contributed by atoms with van der Waals surface area (Å²) in [6.45, 7) is 0. The van der Waals surface area contributed by atoms with Crippen LogP contribution in [0.25, 0.3) is 0 Å². The van der Waals surface area contributed by atoms with Crippen molar-refractivity contribution in [3.63, 3.8) is 0 Å². The first-order valence-electron chi connectivity index (χ1n) is 5.43. The highest BCUT2D eigenvalue weighted by atomic mass is 16.3. The minimum atomic E-state index is 0.0919. The second-order valence-corrected chi connectivity index (χ2v) is 3.88. The Kier molecular flexibility index (Phi) is 3.50. The van der Waals surface area contributed by atoms with Crippen LogP contribution in [0.2, 0.25) is 0 Å². The molecule has 1 aromatic carbocycles. The molecule has 0 saturated heterocycles. The first kappa shape index (κ1) is 11.3. The van der Waals surface area contributed by atoms with Gasteiger partial charge in [-0.1, -0.05) is 18.2 Å². The van der Waals surface area contributed by atoms with Crippen molar-refractivity contribution in [2.45, 2.75) is 12.8 Å². The predicted octanol–water partition coefficient (Wildman–Crippen LogP) is 2.14. The molecule has 2 aromatic rings. The van der Waals surface area contributed by atoms with Gasteiger partial charge in [0.05, 0.1) is 0 Å². The number of phenolic OH excluding ortho intramolecular Hbond substituents is 1. The molecule has 0 atom stereocenters. The molecule has 0 unspecified atom stereocenters. The van der Waals surface area contributed by atoms with E-state index in [1.54, 1.807) is 24.4 Å². The van der Waals surface area contributed by atoms with Gasteiger partial charge in [-0.2, -0.15) is 0 Å². The highest BCUT2D eigenvalue weighted by Crippen LogP contribution is 2.12. The Morgan fingerprint density at radius 2 is 2.00 bits per heavy atom. The van der Waals surface area contributed by atoms with Crippen LogP contribution in [0.1, 0.15) is 11.3 Å². The van der Waals surface area contributed by atoms with Crippen molar-refractivity contribution in [3.05, 3.63) is 59.9 Å². The van der Waals surface area contributed by atoms with Gasteiger partial charge in [0.15, 0.2) is 0 Å². The first-order valence-corrected chi connectivity index (χ1v) is 5.43. The lowest BCUT2D eigenvalue weighted by molar-refractivity contribution is -0.117. The van der Waals surface area contributed by atoms with Crippen LogP contribution in [0.4, 0.5) is 0 Å². The first-order chi connectivity index (χ1) is 8.24. The molecule has 0 amide bonds. The smallest absolute Gasteiger partial charge is 0.143 e. The van der Waals surface area contributed by atoms with Gasteiger partial charge in [0, 0.05) is 24.7 Å². The number of ketones is 1. The molecule has 1 aromatic heterocycles. The summed E-state index contributed by atoms with van der Waals surface area (Å²) in [5, 5.41) is 9.29. The summed E-state index contributed by atoms with van der Waals surface area (Å²) in [4.78, 5) is 15.9. The lowest BCUT2D eigenvalue weighted by Gasteiger charge is -2.01. The zero-order valence-corrected chi connectivity index (χ0v) is 9.34.